The summed E-state index contributed by atoms with van der Waals surface area (Å²) in [4.78, 5) is 6.35. The second-order valence-electron chi connectivity index (χ2n) is 3.43. The number of aromatic nitrogens is 1. The predicted octanol–water partition coefficient (Wildman–Crippen LogP) is 1.12. The standard InChI is InChI=1S/C11H19N3/c1-3-14(2)8-7-13-10-11-5-4-6-12-9-11/h4-6,9,13H,3,7-8,10H2,1-2H3. The third-order valence-corrected chi connectivity index (χ3v) is 2.26. The van der Waals surface area contributed by atoms with Crippen LogP contribution in [0.25, 0.3) is 0 Å². The van der Waals surface area contributed by atoms with Crippen molar-refractivity contribution in [2.24, 2.45) is 0 Å². The highest BCUT2D eigenvalue weighted by molar-refractivity contribution is 5.07. The molecule has 14 heavy (non-hydrogen) atoms. The quantitative estimate of drug-likeness (QED) is 0.686. The van der Waals surface area contributed by atoms with Gasteiger partial charge in [0.15, 0.2) is 0 Å². The van der Waals surface area contributed by atoms with Gasteiger partial charge in [-0.25, -0.2) is 0 Å². The van der Waals surface area contributed by atoms with Gasteiger partial charge in [0.2, 0.25) is 0 Å². The first kappa shape index (κ1) is 11.1. The Balaban J connectivity index is 2.10. The average molecular weight is 193 g/mol. The van der Waals surface area contributed by atoms with Gasteiger partial charge < -0.3 is 10.2 Å². The van der Waals surface area contributed by atoms with E-state index in [2.05, 4.69) is 35.2 Å². The number of pyridine rings is 1. The Labute approximate surface area is 86.2 Å². The first-order valence-electron chi connectivity index (χ1n) is 5.11. The molecule has 3 heteroatoms. The van der Waals surface area contributed by atoms with Crippen LogP contribution < -0.4 is 5.32 Å². The second-order valence-corrected chi connectivity index (χ2v) is 3.43. The fourth-order valence-corrected chi connectivity index (χ4v) is 1.16. The molecule has 0 fully saturated rings. The Hall–Kier alpha value is -0.930. The van der Waals surface area contributed by atoms with Crippen LogP contribution >= 0.6 is 0 Å². The summed E-state index contributed by atoms with van der Waals surface area (Å²) in [5.74, 6) is 0. The number of hydrogen-bond acceptors (Lipinski definition) is 3. The molecule has 0 spiro atoms. The fraction of sp³-hybridized carbons (Fsp3) is 0.545. The number of nitrogens with one attached hydrogen (secondary N) is 1. The molecule has 78 valence electrons. The van der Waals surface area contributed by atoms with E-state index < -0.39 is 0 Å². The van der Waals surface area contributed by atoms with Crippen LogP contribution in [0.4, 0.5) is 0 Å². The van der Waals surface area contributed by atoms with E-state index in [1.54, 1.807) is 6.20 Å². The molecule has 0 radical (unpaired) electrons. The van der Waals surface area contributed by atoms with Crippen molar-refractivity contribution in [1.29, 1.82) is 0 Å². The molecule has 1 heterocycles. The molecule has 1 N–H and O–H groups in total. The molecule has 0 amide bonds. The molecule has 0 atom stereocenters. The maximum atomic E-state index is 4.06. The lowest BCUT2D eigenvalue weighted by Crippen LogP contribution is -2.28. The van der Waals surface area contributed by atoms with Crippen molar-refractivity contribution in [2.75, 3.05) is 26.7 Å². The maximum Gasteiger partial charge on any atom is 0.0312 e. The Morgan fingerprint density at radius 1 is 1.50 bits per heavy atom. The van der Waals surface area contributed by atoms with Gasteiger partial charge in [-0.1, -0.05) is 13.0 Å². The third kappa shape index (κ3) is 4.35. The summed E-state index contributed by atoms with van der Waals surface area (Å²) < 4.78 is 0. The molecule has 1 rings (SSSR count). The lowest BCUT2D eigenvalue weighted by atomic mass is 10.3. The molecule has 0 aromatic carbocycles. The van der Waals surface area contributed by atoms with Crippen LogP contribution in [-0.4, -0.2) is 36.6 Å². The zero-order valence-corrected chi connectivity index (χ0v) is 9.03. The molecule has 0 unspecified atom stereocenters. The highest BCUT2D eigenvalue weighted by Gasteiger charge is 1.94. The van der Waals surface area contributed by atoms with Gasteiger partial charge >= 0.3 is 0 Å². The second kappa shape index (κ2) is 6.51. The van der Waals surface area contributed by atoms with Crippen molar-refractivity contribution < 1.29 is 0 Å². The van der Waals surface area contributed by atoms with E-state index in [1.807, 2.05) is 12.3 Å². The van der Waals surface area contributed by atoms with Crippen molar-refractivity contribution in [2.45, 2.75) is 13.5 Å². The largest absolute Gasteiger partial charge is 0.311 e. The number of likely N-dealkylation sites (N-methyl/N-ethyl adjacent to an activating group) is 1. The number of hydrogen-bond donors (Lipinski definition) is 1. The van der Waals surface area contributed by atoms with E-state index in [-0.39, 0.29) is 0 Å². The summed E-state index contributed by atoms with van der Waals surface area (Å²) in [6.45, 7) is 6.30. The van der Waals surface area contributed by atoms with Crippen LogP contribution in [0, 0.1) is 0 Å². The van der Waals surface area contributed by atoms with Crippen molar-refractivity contribution in [3.63, 3.8) is 0 Å². The maximum absolute atomic E-state index is 4.06. The minimum atomic E-state index is 0.908. The van der Waals surface area contributed by atoms with Crippen LogP contribution in [0.5, 0.6) is 0 Å². The van der Waals surface area contributed by atoms with Gasteiger partial charge in [0, 0.05) is 32.0 Å². The molecule has 1 aromatic rings. The van der Waals surface area contributed by atoms with Gasteiger partial charge in [-0.2, -0.15) is 0 Å². The minimum Gasteiger partial charge on any atom is -0.311 e. The molecule has 0 aliphatic rings. The van der Waals surface area contributed by atoms with E-state index in [1.165, 1.54) is 5.56 Å². The Morgan fingerprint density at radius 3 is 3.00 bits per heavy atom. The monoisotopic (exact) mass is 193 g/mol. The van der Waals surface area contributed by atoms with Crippen molar-refractivity contribution in [3.05, 3.63) is 30.1 Å². The average Bonchev–Trinajstić information content (AvgIpc) is 2.25. The molecule has 0 aliphatic heterocycles. The summed E-state index contributed by atoms with van der Waals surface area (Å²) in [7, 11) is 2.13. The highest BCUT2D eigenvalue weighted by Crippen LogP contribution is 1.93. The Morgan fingerprint density at radius 2 is 2.36 bits per heavy atom. The van der Waals surface area contributed by atoms with Crippen LogP contribution in [-0.2, 0) is 6.54 Å². The first-order valence-corrected chi connectivity index (χ1v) is 5.11. The zero-order chi connectivity index (χ0) is 10.2. The van der Waals surface area contributed by atoms with E-state index in [4.69, 9.17) is 0 Å². The zero-order valence-electron chi connectivity index (χ0n) is 9.03. The van der Waals surface area contributed by atoms with Crippen molar-refractivity contribution in [3.8, 4) is 0 Å². The summed E-state index contributed by atoms with van der Waals surface area (Å²) >= 11 is 0. The number of rotatable bonds is 6. The topological polar surface area (TPSA) is 28.2 Å². The molecule has 1 aromatic heterocycles. The summed E-state index contributed by atoms with van der Waals surface area (Å²) in [5, 5.41) is 3.39. The molecular weight excluding hydrogens is 174 g/mol. The van der Waals surface area contributed by atoms with Crippen LogP contribution in [0.1, 0.15) is 12.5 Å². The van der Waals surface area contributed by atoms with Gasteiger partial charge in [-0.3, -0.25) is 4.98 Å². The van der Waals surface area contributed by atoms with Gasteiger partial charge in [0.1, 0.15) is 0 Å². The third-order valence-electron chi connectivity index (χ3n) is 2.26. The van der Waals surface area contributed by atoms with Gasteiger partial charge in [0.25, 0.3) is 0 Å². The molecule has 0 saturated carbocycles. The lowest BCUT2D eigenvalue weighted by molar-refractivity contribution is 0.349. The SMILES string of the molecule is CCN(C)CCNCc1cccnc1. The van der Waals surface area contributed by atoms with Crippen LogP contribution in [0.2, 0.25) is 0 Å². The van der Waals surface area contributed by atoms with Crippen LogP contribution in [0.15, 0.2) is 24.5 Å². The molecule has 0 saturated heterocycles. The Bertz CT molecular complexity index is 236. The lowest BCUT2D eigenvalue weighted by Gasteiger charge is -2.13. The van der Waals surface area contributed by atoms with Gasteiger partial charge in [0.05, 0.1) is 0 Å². The fourth-order valence-electron chi connectivity index (χ4n) is 1.16. The van der Waals surface area contributed by atoms with E-state index in [0.717, 1.165) is 26.2 Å². The highest BCUT2D eigenvalue weighted by atomic mass is 15.1. The van der Waals surface area contributed by atoms with E-state index in [0.29, 0.717) is 0 Å². The van der Waals surface area contributed by atoms with E-state index >= 15 is 0 Å². The molecule has 0 aliphatic carbocycles. The summed E-state index contributed by atoms with van der Waals surface area (Å²) in [6.07, 6.45) is 3.70. The Kier molecular flexibility index (Phi) is 5.19. The molecular formula is C11H19N3. The normalized spacial score (nSPS) is 10.8. The van der Waals surface area contributed by atoms with Crippen LogP contribution in [0.3, 0.4) is 0 Å². The van der Waals surface area contributed by atoms with Crippen molar-refractivity contribution >= 4 is 0 Å². The van der Waals surface area contributed by atoms with Crippen molar-refractivity contribution in [1.82, 2.24) is 15.2 Å². The number of nitrogens with zero attached hydrogens (tertiary/aromatic N) is 2. The minimum absolute atomic E-state index is 0.908. The molecule has 3 nitrogen and oxygen atoms in total. The first-order chi connectivity index (χ1) is 6.83. The summed E-state index contributed by atoms with van der Waals surface area (Å²) in [5.41, 5.74) is 1.24. The molecule has 0 bridgehead atoms. The smallest absolute Gasteiger partial charge is 0.0312 e. The van der Waals surface area contributed by atoms with Gasteiger partial charge in [-0.05, 0) is 25.2 Å². The predicted molar refractivity (Wildman–Crippen MR) is 59.1 cm³/mol. The van der Waals surface area contributed by atoms with Gasteiger partial charge in [-0.15, -0.1) is 0 Å². The summed E-state index contributed by atoms with van der Waals surface area (Å²) in [6, 6.07) is 4.05. The van der Waals surface area contributed by atoms with E-state index in [9.17, 15) is 0 Å².